The van der Waals surface area contributed by atoms with Gasteiger partial charge in [0.05, 0.1) is 0 Å². The molecule has 0 saturated carbocycles. The number of aryl methyl sites for hydroxylation is 2. The Hall–Kier alpha value is -4.49. The number of hydrogen-bond donors (Lipinski definition) is 0. The van der Waals surface area contributed by atoms with Crippen molar-refractivity contribution in [3.8, 4) is 22.3 Å². The van der Waals surface area contributed by atoms with E-state index in [0.29, 0.717) is 0 Å². The van der Waals surface area contributed by atoms with Gasteiger partial charge in [-0.05, 0) is 32.7 Å². The van der Waals surface area contributed by atoms with Crippen molar-refractivity contribution in [1.29, 1.82) is 0 Å². The van der Waals surface area contributed by atoms with Crippen molar-refractivity contribution >= 4 is 78.9 Å². The molecule has 0 fully saturated rings. The van der Waals surface area contributed by atoms with Gasteiger partial charge in [-0.3, -0.25) is 0 Å². The van der Waals surface area contributed by atoms with E-state index in [0.717, 1.165) is 0 Å². The topological polar surface area (TPSA) is 0 Å². The van der Waals surface area contributed by atoms with E-state index < -0.39 is 26.2 Å². The Balaban J connectivity index is 0.000000119. The Morgan fingerprint density at radius 1 is 0.375 bits per heavy atom. The molecule has 0 aromatic heterocycles. The Morgan fingerprint density at radius 3 is 1.12 bits per heavy atom. The molecule has 4 heteroatoms. The summed E-state index contributed by atoms with van der Waals surface area (Å²) in [6, 6.07) is 73.6. The van der Waals surface area contributed by atoms with Gasteiger partial charge in [0.2, 0.25) is 0 Å². The second-order valence-corrected chi connectivity index (χ2v) is 45.5. The molecule has 0 aliphatic heterocycles. The molecule has 10 aromatic rings. The molecule has 0 saturated heterocycles. The van der Waals surface area contributed by atoms with Crippen LogP contribution >= 0.6 is 17.0 Å². The van der Waals surface area contributed by atoms with E-state index in [4.69, 9.17) is 17.0 Å². The van der Waals surface area contributed by atoms with Crippen LogP contribution in [0.15, 0.2) is 206 Å². The summed E-state index contributed by atoms with van der Waals surface area (Å²) in [4.78, 5) is 0. The van der Waals surface area contributed by atoms with E-state index in [1.54, 1.807) is 0 Å². The molecule has 0 spiro atoms. The quantitative estimate of drug-likeness (QED) is 0.122. The van der Waals surface area contributed by atoms with E-state index in [2.05, 4.69) is 208 Å². The first-order chi connectivity index (χ1) is 27.4. The van der Waals surface area contributed by atoms with Gasteiger partial charge >= 0.3 is 113 Å². The summed E-state index contributed by atoms with van der Waals surface area (Å²) in [5.74, 6) is 0. The van der Waals surface area contributed by atoms with E-state index in [-0.39, 0.29) is 0 Å². The van der Waals surface area contributed by atoms with Crippen molar-refractivity contribution in [3.63, 3.8) is 0 Å². The molecule has 56 heavy (non-hydrogen) atoms. The predicted octanol–water partition coefficient (Wildman–Crippen LogP) is 14.1. The third-order valence-corrected chi connectivity index (χ3v) is 38.7. The fourth-order valence-electron chi connectivity index (χ4n) is 7.75. The molecule has 0 unspecified atom stereocenters. The average molecular weight is 900 g/mol. The van der Waals surface area contributed by atoms with Gasteiger partial charge in [0.1, 0.15) is 0 Å². The second-order valence-electron chi connectivity index (χ2n) is 14.1. The summed E-state index contributed by atoms with van der Waals surface area (Å²) in [7, 11) is 11.1. The summed E-state index contributed by atoms with van der Waals surface area (Å²) in [5, 5.41) is 10.6. The number of fused-ring (bicyclic) bond motifs is 4. The summed E-state index contributed by atoms with van der Waals surface area (Å²) < 4.78 is 2.79. The molecular weight excluding hydrogens is 859 g/mol. The van der Waals surface area contributed by atoms with Crippen LogP contribution in [-0.2, 0) is 16.2 Å². The van der Waals surface area contributed by atoms with Crippen molar-refractivity contribution in [2.75, 3.05) is 0 Å². The van der Waals surface area contributed by atoms with Crippen LogP contribution in [-0.4, -0.2) is 9.98 Å². The van der Waals surface area contributed by atoms with Gasteiger partial charge in [0.25, 0.3) is 0 Å². The van der Waals surface area contributed by atoms with E-state index >= 15 is 0 Å². The Bertz CT molecular complexity index is 2750. The zero-order chi connectivity index (χ0) is 38.4. The zero-order valence-corrected chi connectivity index (χ0v) is 37.5. The maximum atomic E-state index is 6.35. The van der Waals surface area contributed by atoms with Gasteiger partial charge in [-0.2, -0.15) is 12.1 Å². The third-order valence-electron chi connectivity index (χ3n) is 10.3. The molecular formula is C52H40Cl2GeZr-2. The van der Waals surface area contributed by atoms with Crippen LogP contribution in [0.25, 0.3) is 65.3 Å². The van der Waals surface area contributed by atoms with Crippen LogP contribution in [0.2, 0.25) is 0 Å². The molecule has 0 amide bonds. The minimum absolute atomic E-state index is 1.30. The van der Waals surface area contributed by atoms with E-state index in [1.165, 1.54) is 85.3 Å². The van der Waals surface area contributed by atoms with Gasteiger partial charge < -0.3 is 0 Å². The molecule has 0 N–H and O–H groups in total. The average Bonchev–Trinajstić information content (AvgIpc) is 3.82. The van der Waals surface area contributed by atoms with Crippen molar-refractivity contribution in [2.45, 2.75) is 13.8 Å². The molecule has 272 valence electrons. The first kappa shape index (κ1) is 38.4. The molecule has 10 aromatic carbocycles. The van der Waals surface area contributed by atoms with Gasteiger partial charge in [0.15, 0.2) is 0 Å². The first-order valence-corrected chi connectivity index (χ1v) is 34.8. The molecule has 0 radical (unpaired) electrons. The summed E-state index contributed by atoms with van der Waals surface area (Å²) in [6.45, 7) is 4.32. The fraction of sp³-hybridized carbons (Fsp3) is 0.0385. The Labute approximate surface area is 345 Å². The summed E-state index contributed by atoms with van der Waals surface area (Å²) in [6.07, 6.45) is 0. The van der Waals surface area contributed by atoms with Crippen LogP contribution in [0, 0.1) is 13.8 Å². The number of rotatable bonds is 4. The SMILES string of the molecule is Cc1cc2c(-c3cccc4ccccc34)cccc2[cH-]1.Cc1cc2c(-c3cccc4ccccc34)cccc2[cH-]1.[Cl][Zr]([Cl])=[Ge]([c]1ccccc1)[c]1ccccc1. The molecule has 0 nitrogen and oxygen atoms in total. The van der Waals surface area contributed by atoms with Crippen molar-refractivity contribution < 1.29 is 16.2 Å². The number of halogens is 2. The van der Waals surface area contributed by atoms with Crippen LogP contribution in [0.4, 0.5) is 0 Å². The molecule has 0 bridgehead atoms. The minimum atomic E-state index is -2.19. The fourth-order valence-corrected chi connectivity index (χ4v) is 34.8. The second kappa shape index (κ2) is 17.8. The van der Waals surface area contributed by atoms with Gasteiger partial charge in [-0.15, -0.1) is 69.1 Å². The summed E-state index contributed by atoms with van der Waals surface area (Å²) >= 11 is -2.19. The van der Waals surface area contributed by atoms with Crippen LogP contribution in [0.5, 0.6) is 0 Å². The molecule has 0 aliphatic carbocycles. The van der Waals surface area contributed by atoms with E-state index in [9.17, 15) is 0 Å². The Morgan fingerprint density at radius 2 is 0.714 bits per heavy atom. The van der Waals surface area contributed by atoms with Crippen LogP contribution in [0.1, 0.15) is 11.1 Å². The third kappa shape index (κ3) is 8.44. The number of hydrogen-bond acceptors (Lipinski definition) is 0. The monoisotopic (exact) mass is 898 g/mol. The normalized spacial score (nSPS) is 10.9. The van der Waals surface area contributed by atoms with Crippen molar-refractivity contribution in [1.82, 2.24) is 0 Å². The van der Waals surface area contributed by atoms with E-state index in [1.807, 2.05) is 12.1 Å². The molecule has 0 aliphatic rings. The van der Waals surface area contributed by atoms with Gasteiger partial charge in [-0.25, -0.2) is 0 Å². The van der Waals surface area contributed by atoms with Crippen LogP contribution in [0.3, 0.4) is 0 Å². The maximum absolute atomic E-state index is 6.35. The molecule has 0 heterocycles. The van der Waals surface area contributed by atoms with Crippen molar-refractivity contribution in [3.05, 3.63) is 217 Å². The van der Waals surface area contributed by atoms with Crippen LogP contribution < -0.4 is 8.79 Å². The van der Waals surface area contributed by atoms with Crippen molar-refractivity contribution in [2.24, 2.45) is 0 Å². The number of benzene rings is 8. The summed E-state index contributed by atoms with van der Waals surface area (Å²) in [5.41, 5.74) is 7.94. The zero-order valence-electron chi connectivity index (χ0n) is 31.4. The molecule has 10 rings (SSSR count). The Kier molecular flexibility index (Phi) is 12.2. The molecule has 0 atom stereocenters. The van der Waals surface area contributed by atoms with Gasteiger partial charge in [0, 0.05) is 0 Å². The predicted molar refractivity (Wildman–Crippen MR) is 244 cm³/mol. The van der Waals surface area contributed by atoms with Gasteiger partial charge in [-0.1, -0.05) is 122 Å². The first-order valence-electron chi connectivity index (χ1n) is 18.9. The standard InChI is InChI=1S/2C20H15.C12H10Ge.2ClH.Zr/c2*1-14-12-16-8-5-11-19(20(16)13-14)18-10-4-7-15-6-2-3-9-17(15)18;1-3-7-11(8-4-1)13-12-9-5-2-6-10-12;;;/h2*2-13H,1H3;1-10H;2*1H;/q2*-1;;;;+2/p-2.